The SMILES string of the molecule is [N-]=[N+]=NCC[N+]1(C(=O)[O-])C=CC=CC1. The lowest BCUT2D eigenvalue weighted by molar-refractivity contribution is -0.821. The van der Waals surface area contributed by atoms with Crippen LogP contribution in [0.25, 0.3) is 10.4 Å². The number of carboxylic acid groups (broad SMARTS) is 1. The predicted molar refractivity (Wildman–Crippen MR) is 47.7 cm³/mol. The van der Waals surface area contributed by atoms with Crippen LogP contribution in [0.2, 0.25) is 0 Å². The van der Waals surface area contributed by atoms with Gasteiger partial charge >= 0.3 is 0 Å². The maximum absolute atomic E-state index is 10.9. The highest BCUT2D eigenvalue weighted by Gasteiger charge is 2.26. The highest BCUT2D eigenvalue weighted by Crippen LogP contribution is 2.12. The van der Waals surface area contributed by atoms with Gasteiger partial charge < -0.3 is 9.90 Å². The molecule has 1 amide bonds. The van der Waals surface area contributed by atoms with E-state index in [-0.39, 0.29) is 17.6 Å². The molecule has 0 saturated carbocycles. The molecule has 0 aromatic rings. The molecule has 0 aliphatic carbocycles. The molecule has 1 aliphatic rings. The van der Waals surface area contributed by atoms with Crippen molar-refractivity contribution in [1.29, 1.82) is 0 Å². The molecular weight excluding hydrogens is 184 g/mol. The summed E-state index contributed by atoms with van der Waals surface area (Å²) < 4.78 is -0.310. The highest BCUT2D eigenvalue weighted by atomic mass is 16.4. The number of carbonyl (C=O) groups excluding carboxylic acids is 1. The molecule has 14 heavy (non-hydrogen) atoms. The van der Waals surface area contributed by atoms with E-state index in [9.17, 15) is 9.90 Å². The standard InChI is InChI=1S/C8H10N4O2/c9-11-10-4-7-12(8(13)14)5-2-1-3-6-12/h1-3,5H,4,6-7H2. The molecule has 1 unspecified atom stereocenters. The van der Waals surface area contributed by atoms with Crippen LogP contribution in [0.4, 0.5) is 4.79 Å². The first-order valence-corrected chi connectivity index (χ1v) is 4.15. The Bertz CT molecular complexity index is 330. The molecule has 0 aromatic carbocycles. The first-order chi connectivity index (χ1) is 6.71. The van der Waals surface area contributed by atoms with Crippen molar-refractivity contribution in [1.82, 2.24) is 0 Å². The van der Waals surface area contributed by atoms with E-state index in [0.29, 0.717) is 6.54 Å². The number of carbonyl (C=O) groups is 1. The van der Waals surface area contributed by atoms with Crippen LogP contribution in [0.5, 0.6) is 0 Å². The van der Waals surface area contributed by atoms with Crippen LogP contribution in [0.1, 0.15) is 0 Å². The molecule has 0 aromatic heterocycles. The van der Waals surface area contributed by atoms with Crippen LogP contribution in [0, 0.1) is 0 Å². The van der Waals surface area contributed by atoms with E-state index in [1.165, 1.54) is 6.20 Å². The Morgan fingerprint density at radius 3 is 2.93 bits per heavy atom. The smallest absolute Gasteiger partial charge is 0.262 e. The van der Waals surface area contributed by atoms with Gasteiger partial charge in [-0.25, -0.2) is 4.48 Å². The van der Waals surface area contributed by atoms with Crippen molar-refractivity contribution in [2.75, 3.05) is 19.6 Å². The van der Waals surface area contributed by atoms with Crippen LogP contribution in [0.3, 0.4) is 0 Å². The first-order valence-electron chi connectivity index (χ1n) is 4.15. The van der Waals surface area contributed by atoms with Gasteiger partial charge in [-0.05, 0) is 17.7 Å². The number of hydrogen-bond acceptors (Lipinski definition) is 3. The van der Waals surface area contributed by atoms with Crippen molar-refractivity contribution in [3.8, 4) is 0 Å². The predicted octanol–water partition coefficient (Wildman–Crippen LogP) is 0.540. The average Bonchev–Trinajstić information content (AvgIpc) is 2.19. The number of nitrogens with zero attached hydrogens (tertiary/aromatic N) is 4. The quantitative estimate of drug-likeness (QED) is 0.284. The minimum Gasteiger partial charge on any atom is -0.498 e. The second-order valence-corrected chi connectivity index (χ2v) is 2.93. The Hall–Kier alpha value is -1.78. The minimum atomic E-state index is -1.18. The Morgan fingerprint density at radius 2 is 2.43 bits per heavy atom. The second-order valence-electron chi connectivity index (χ2n) is 2.93. The molecular formula is C8H10N4O2. The Morgan fingerprint density at radius 1 is 1.64 bits per heavy atom. The molecule has 6 nitrogen and oxygen atoms in total. The topological polar surface area (TPSA) is 88.9 Å². The number of amides is 1. The van der Waals surface area contributed by atoms with Crippen molar-refractivity contribution < 1.29 is 14.4 Å². The third-order valence-electron chi connectivity index (χ3n) is 2.08. The molecule has 0 bridgehead atoms. The number of hydrogen-bond donors (Lipinski definition) is 0. The summed E-state index contributed by atoms with van der Waals surface area (Å²) in [6, 6.07) is 0. The molecule has 0 saturated heterocycles. The van der Waals surface area contributed by atoms with Gasteiger partial charge in [0.25, 0.3) is 6.09 Å². The fraction of sp³-hybridized carbons (Fsp3) is 0.375. The van der Waals surface area contributed by atoms with Gasteiger partial charge in [-0.15, -0.1) is 0 Å². The van der Waals surface area contributed by atoms with E-state index in [2.05, 4.69) is 10.0 Å². The van der Waals surface area contributed by atoms with Gasteiger partial charge in [0.05, 0.1) is 13.1 Å². The molecule has 0 N–H and O–H groups in total. The van der Waals surface area contributed by atoms with Gasteiger partial charge in [0.2, 0.25) is 0 Å². The maximum Gasteiger partial charge on any atom is 0.262 e. The molecule has 6 heteroatoms. The van der Waals surface area contributed by atoms with E-state index in [1.54, 1.807) is 18.2 Å². The summed E-state index contributed by atoms with van der Waals surface area (Å²) in [5.74, 6) is 0. The summed E-state index contributed by atoms with van der Waals surface area (Å²) in [6.07, 6.45) is 5.51. The third kappa shape index (κ3) is 2.12. The molecule has 0 spiro atoms. The summed E-state index contributed by atoms with van der Waals surface area (Å²) in [5.41, 5.74) is 8.07. The van der Waals surface area contributed by atoms with Gasteiger partial charge in [0, 0.05) is 4.91 Å². The van der Waals surface area contributed by atoms with Crippen LogP contribution < -0.4 is 5.11 Å². The lowest BCUT2D eigenvalue weighted by atomic mass is 10.3. The van der Waals surface area contributed by atoms with E-state index < -0.39 is 6.09 Å². The number of quaternary nitrogens is 1. The summed E-state index contributed by atoms with van der Waals surface area (Å²) in [4.78, 5) is 13.5. The van der Waals surface area contributed by atoms with E-state index in [1.807, 2.05) is 0 Å². The zero-order valence-corrected chi connectivity index (χ0v) is 7.54. The summed E-state index contributed by atoms with van der Waals surface area (Å²) in [5, 5.41) is 14.2. The van der Waals surface area contributed by atoms with Crippen molar-refractivity contribution in [3.05, 3.63) is 34.9 Å². The maximum atomic E-state index is 10.9. The first kappa shape index (κ1) is 10.3. The van der Waals surface area contributed by atoms with Crippen molar-refractivity contribution in [2.24, 2.45) is 5.11 Å². The fourth-order valence-corrected chi connectivity index (χ4v) is 1.26. The van der Waals surface area contributed by atoms with Crippen molar-refractivity contribution in [2.45, 2.75) is 0 Å². The van der Waals surface area contributed by atoms with Crippen LogP contribution in [-0.2, 0) is 0 Å². The monoisotopic (exact) mass is 194 g/mol. The van der Waals surface area contributed by atoms with Crippen molar-refractivity contribution >= 4 is 6.09 Å². The molecule has 0 radical (unpaired) electrons. The van der Waals surface area contributed by atoms with Gasteiger partial charge in [-0.1, -0.05) is 11.2 Å². The Balaban J connectivity index is 2.72. The van der Waals surface area contributed by atoms with Crippen LogP contribution in [0.15, 0.2) is 29.5 Å². The van der Waals surface area contributed by atoms with E-state index in [0.717, 1.165) is 0 Å². The molecule has 1 heterocycles. The summed E-state index contributed by atoms with van der Waals surface area (Å²) in [7, 11) is 0. The third-order valence-corrected chi connectivity index (χ3v) is 2.08. The van der Waals surface area contributed by atoms with Gasteiger partial charge in [0.1, 0.15) is 12.7 Å². The lowest BCUT2D eigenvalue weighted by Crippen LogP contribution is -2.56. The molecule has 0 fully saturated rings. The molecule has 1 rings (SSSR count). The number of rotatable bonds is 3. The molecule has 74 valence electrons. The largest absolute Gasteiger partial charge is 0.498 e. The van der Waals surface area contributed by atoms with Gasteiger partial charge in [-0.2, -0.15) is 0 Å². The minimum absolute atomic E-state index is 0.142. The van der Waals surface area contributed by atoms with Gasteiger partial charge in [-0.3, -0.25) is 0 Å². The summed E-state index contributed by atoms with van der Waals surface area (Å²) >= 11 is 0. The highest BCUT2D eigenvalue weighted by molar-refractivity contribution is 5.55. The Kier molecular flexibility index (Phi) is 3.28. The van der Waals surface area contributed by atoms with Gasteiger partial charge in [0.15, 0.2) is 0 Å². The van der Waals surface area contributed by atoms with Crippen LogP contribution in [-0.4, -0.2) is 30.2 Å². The second kappa shape index (κ2) is 4.45. The van der Waals surface area contributed by atoms with E-state index in [4.69, 9.17) is 5.53 Å². The number of allylic oxidation sites excluding steroid dienone is 2. The van der Waals surface area contributed by atoms with Crippen LogP contribution >= 0.6 is 0 Å². The molecule has 1 aliphatic heterocycles. The normalized spacial score (nSPS) is 24.3. The lowest BCUT2D eigenvalue weighted by Gasteiger charge is -2.33. The Labute approximate surface area is 81.0 Å². The van der Waals surface area contributed by atoms with Crippen molar-refractivity contribution in [3.63, 3.8) is 0 Å². The fourth-order valence-electron chi connectivity index (χ4n) is 1.26. The molecule has 1 atom stereocenters. The zero-order valence-electron chi connectivity index (χ0n) is 7.54. The summed E-state index contributed by atoms with van der Waals surface area (Å²) in [6.45, 7) is 0.690. The van der Waals surface area contributed by atoms with E-state index >= 15 is 0 Å². The zero-order chi connectivity index (χ0) is 10.4. The average molecular weight is 194 g/mol. The number of azide groups is 1.